The van der Waals surface area contributed by atoms with Crippen LogP contribution in [-0.4, -0.2) is 58.8 Å². The van der Waals surface area contributed by atoms with E-state index < -0.39 is 10.0 Å². The third-order valence-corrected chi connectivity index (χ3v) is 6.27. The van der Waals surface area contributed by atoms with E-state index in [0.717, 1.165) is 42.0 Å². The van der Waals surface area contributed by atoms with Gasteiger partial charge in [0.15, 0.2) is 0 Å². The van der Waals surface area contributed by atoms with Gasteiger partial charge in [0.2, 0.25) is 15.9 Å². The largest absolute Gasteiger partial charge is 0.495 e. The number of benzene rings is 2. The van der Waals surface area contributed by atoms with Crippen molar-refractivity contribution >= 4 is 43.6 Å². The van der Waals surface area contributed by atoms with Crippen LogP contribution in [-0.2, 0) is 14.8 Å². The molecule has 0 radical (unpaired) electrons. The minimum absolute atomic E-state index is 0.148. The summed E-state index contributed by atoms with van der Waals surface area (Å²) in [6.07, 6.45) is 3.03. The maximum atomic E-state index is 12.7. The topological polar surface area (TPSA) is 101 Å². The molecule has 2 N–H and O–H groups in total. The van der Waals surface area contributed by atoms with Gasteiger partial charge in [0, 0.05) is 29.9 Å². The molecule has 4 rings (SSSR count). The van der Waals surface area contributed by atoms with Crippen molar-refractivity contribution in [2.45, 2.75) is 12.8 Å². The Kier molecular flexibility index (Phi) is 6.17. The van der Waals surface area contributed by atoms with Crippen LogP contribution in [0.15, 0.2) is 40.8 Å². The molecule has 2 heterocycles. The van der Waals surface area contributed by atoms with E-state index in [2.05, 4.69) is 14.9 Å². The van der Waals surface area contributed by atoms with Crippen LogP contribution in [0.5, 0.6) is 5.75 Å². The molecule has 0 spiro atoms. The van der Waals surface area contributed by atoms with Crippen molar-refractivity contribution in [3.63, 3.8) is 0 Å². The van der Waals surface area contributed by atoms with Crippen LogP contribution in [0.25, 0.3) is 21.9 Å². The van der Waals surface area contributed by atoms with Crippen LogP contribution in [0.4, 0.5) is 5.69 Å². The van der Waals surface area contributed by atoms with Gasteiger partial charge in [-0.15, -0.1) is 0 Å². The Morgan fingerprint density at radius 2 is 2.03 bits per heavy atom. The number of para-hydroxylation sites is 1. The number of hydrogen-bond acceptors (Lipinski definition) is 6. The number of methoxy groups -OCH3 is 1. The Morgan fingerprint density at radius 1 is 1.23 bits per heavy atom. The molecule has 1 aliphatic rings. The van der Waals surface area contributed by atoms with Crippen LogP contribution in [0.2, 0.25) is 0 Å². The number of fused-ring (bicyclic) bond motifs is 3. The fourth-order valence-corrected chi connectivity index (χ4v) is 4.68. The van der Waals surface area contributed by atoms with Crippen molar-refractivity contribution in [2.75, 3.05) is 44.9 Å². The zero-order chi connectivity index (χ0) is 22.0. The molecule has 0 saturated carbocycles. The van der Waals surface area contributed by atoms with Gasteiger partial charge in [0.1, 0.15) is 16.9 Å². The smallest absolute Gasteiger partial charge is 0.238 e. The molecule has 1 amide bonds. The van der Waals surface area contributed by atoms with E-state index in [1.165, 1.54) is 0 Å². The van der Waals surface area contributed by atoms with Crippen LogP contribution in [0, 0.1) is 5.92 Å². The summed E-state index contributed by atoms with van der Waals surface area (Å²) in [5, 5.41) is 4.87. The second-order valence-electron chi connectivity index (χ2n) is 8.06. The first-order valence-electron chi connectivity index (χ1n) is 10.3. The predicted molar refractivity (Wildman–Crippen MR) is 121 cm³/mol. The lowest BCUT2D eigenvalue weighted by atomic mass is 9.98. The van der Waals surface area contributed by atoms with Gasteiger partial charge in [0.05, 0.1) is 25.6 Å². The number of amides is 1. The summed E-state index contributed by atoms with van der Waals surface area (Å²) in [5.74, 6) is 0.615. The van der Waals surface area contributed by atoms with E-state index in [1.807, 2.05) is 30.3 Å². The number of likely N-dealkylation sites (tertiary alicyclic amines) is 1. The van der Waals surface area contributed by atoms with Crippen LogP contribution in [0.3, 0.4) is 0 Å². The molecule has 31 heavy (non-hydrogen) atoms. The number of piperidine rings is 1. The number of furan rings is 1. The Morgan fingerprint density at radius 3 is 2.81 bits per heavy atom. The van der Waals surface area contributed by atoms with Gasteiger partial charge in [-0.25, -0.2) is 13.1 Å². The lowest BCUT2D eigenvalue weighted by molar-refractivity contribution is -0.117. The Labute approximate surface area is 181 Å². The number of nitrogens with zero attached hydrogens (tertiary/aromatic N) is 1. The second kappa shape index (κ2) is 8.86. The van der Waals surface area contributed by atoms with E-state index in [0.29, 0.717) is 30.1 Å². The average Bonchev–Trinajstić information content (AvgIpc) is 3.08. The van der Waals surface area contributed by atoms with Crippen molar-refractivity contribution in [1.29, 1.82) is 0 Å². The summed E-state index contributed by atoms with van der Waals surface area (Å²) in [6, 6.07) is 11.4. The van der Waals surface area contributed by atoms with E-state index in [4.69, 9.17) is 9.15 Å². The second-order valence-corrected chi connectivity index (χ2v) is 9.89. The van der Waals surface area contributed by atoms with Crippen LogP contribution >= 0.6 is 0 Å². The third kappa shape index (κ3) is 5.17. The van der Waals surface area contributed by atoms with E-state index in [9.17, 15) is 13.2 Å². The highest BCUT2D eigenvalue weighted by molar-refractivity contribution is 7.88. The van der Waals surface area contributed by atoms with E-state index >= 15 is 0 Å². The number of nitrogens with one attached hydrogen (secondary N) is 2. The minimum Gasteiger partial charge on any atom is -0.495 e. The molecule has 166 valence electrons. The van der Waals surface area contributed by atoms with E-state index in [1.54, 1.807) is 13.2 Å². The Hall–Kier alpha value is -2.62. The van der Waals surface area contributed by atoms with Crippen molar-refractivity contribution in [1.82, 2.24) is 9.62 Å². The number of anilines is 1. The molecule has 8 nitrogen and oxygen atoms in total. The van der Waals surface area contributed by atoms with E-state index in [-0.39, 0.29) is 18.4 Å². The number of carbonyl (C=O) groups excluding carboxylic acids is 1. The van der Waals surface area contributed by atoms with Crippen molar-refractivity contribution in [3.05, 3.63) is 36.4 Å². The van der Waals surface area contributed by atoms with Gasteiger partial charge < -0.3 is 14.5 Å². The molecule has 9 heteroatoms. The lowest BCUT2D eigenvalue weighted by Gasteiger charge is -2.32. The minimum atomic E-state index is -3.21. The summed E-state index contributed by atoms with van der Waals surface area (Å²) in [5.41, 5.74) is 2.03. The molecule has 3 aromatic rings. The van der Waals surface area contributed by atoms with Gasteiger partial charge in [-0.3, -0.25) is 9.69 Å². The van der Waals surface area contributed by atoms with Gasteiger partial charge in [-0.1, -0.05) is 18.2 Å². The van der Waals surface area contributed by atoms with Crippen LogP contribution in [0.1, 0.15) is 12.8 Å². The van der Waals surface area contributed by atoms with Gasteiger partial charge >= 0.3 is 0 Å². The summed E-state index contributed by atoms with van der Waals surface area (Å²) in [6.45, 7) is 2.11. The van der Waals surface area contributed by atoms with Crippen molar-refractivity contribution in [3.8, 4) is 5.75 Å². The molecule has 0 bridgehead atoms. The SMILES string of the molecule is COc1cc2c(cc1NC(=O)CN1CCCC(CNS(C)(=O)=O)C1)oc1ccccc12. The molecule has 1 atom stereocenters. The molecule has 1 saturated heterocycles. The summed E-state index contributed by atoms with van der Waals surface area (Å²) < 4.78 is 36.7. The molecule has 1 fully saturated rings. The quantitative estimate of drug-likeness (QED) is 0.580. The predicted octanol–water partition coefficient (Wildman–Crippen LogP) is 2.79. The maximum Gasteiger partial charge on any atom is 0.238 e. The molecular formula is C22H27N3O5S. The highest BCUT2D eigenvalue weighted by Gasteiger charge is 2.23. The fourth-order valence-electron chi connectivity index (χ4n) is 4.14. The third-order valence-electron chi connectivity index (χ3n) is 5.58. The first-order valence-corrected chi connectivity index (χ1v) is 12.2. The highest BCUT2D eigenvalue weighted by atomic mass is 32.2. The number of carbonyl (C=O) groups is 1. The lowest BCUT2D eigenvalue weighted by Crippen LogP contribution is -2.43. The van der Waals surface area contributed by atoms with Crippen molar-refractivity contribution in [2.24, 2.45) is 5.92 Å². The molecule has 0 aliphatic carbocycles. The van der Waals surface area contributed by atoms with Gasteiger partial charge in [-0.05, 0) is 37.4 Å². The van der Waals surface area contributed by atoms with Gasteiger partial charge in [-0.2, -0.15) is 0 Å². The highest BCUT2D eigenvalue weighted by Crippen LogP contribution is 2.36. The van der Waals surface area contributed by atoms with Crippen LogP contribution < -0.4 is 14.8 Å². The molecule has 1 aromatic heterocycles. The molecule has 1 unspecified atom stereocenters. The summed E-state index contributed by atoms with van der Waals surface area (Å²) >= 11 is 0. The normalized spacial score (nSPS) is 17.8. The monoisotopic (exact) mass is 445 g/mol. The Bertz CT molecular complexity index is 1200. The number of ether oxygens (including phenoxy) is 1. The number of hydrogen-bond donors (Lipinski definition) is 2. The summed E-state index contributed by atoms with van der Waals surface area (Å²) in [4.78, 5) is 14.8. The molecular weight excluding hydrogens is 418 g/mol. The maximum absolute atomic E-state index is 12.7. The Balaban J connectivity index is 1.44. The summed E-state index contributed by atoms with van der Waals surface area (Å²) in [7, 11) is -1.64. The van der Waals surface area contributed by atoms with Crippen molar-refractivity contribution < 1.29 is 22.4 Å². The first kappa shape index (κ1) is 21.6. The molecule has 2 aromatic carbocycles. The number of sulfonamides is 1. The average molecular weight is 446 g/mol. The zero-order valence-corrected chi connectivity index (χ0v) is 18.5. The van der Waals surface area contributed by atoms with Gasteiger partial charge in [0.25, 0.3) is 0 Å². The standard InChI is InChI=1S/C22H27N3O5S/c1-29-21-10-17-16-7-3-4-8-19(16)30-20(17)11-18(21)24-22(26)14-25-9-5-6-15(13-25)12-23-31(2,27)28/h3-4,7-8,10-11,15,23H,5-6,9,12-14H2,1-2H3,(H,24,26). The number of rotatable bonds is 7. The molecule has 1 aliphatic heterocycles. The zero-order valence-electron chi connectivity index (χ0n) is 17.7. The fraction of sp³-hybridized carbons (Fsp3) is 0.409. The first-order chi connectivity index (χ1) is 14.8.